The third-order valence-corrected chi connectivity index (χ3v) is 24.3. The SMILES string of the molecule is Cc1cc(Nc2nc(NCCOCCOCCNc3nc(Cc4ccc(N=Nc5ccc(N=Nc6ccccc6)cc5S(=O)(=O)O)c(C)c4)nc(Cc4cc(C)c(N=Nc5ccc(N=Nc6ccc(S(=O)(=O)O)cc6)cc5)cc4OCCCS(=O)(=O)O)n3)nc(Nc3ccc(N=Nc4ccc(N=Nc5ccccc5)cc4S(=O)(=O)O)c(C)c3)n2)ccc1N=Nc1ccc(N=Nc2ccc(S(=O)(=O)O)cc2)cc1. The Hall–Kier alpha value is -16.1. The lowest BCUT2D eigenvalue weighted by atomic mass is 10.0. The zero-order valence-corrected chi connectivity index (χ0v) is 79.6. The molecule has 14 aromatic rings. The van der Waals surface area contributed by atoms with Gasteiger partial charge in [-0.1, -0.05) is 48.5 Å². The molecule has 0 aliphatic heterocycles. The summed E-state index contributed by atoms with van der Waals surface area (Å²) in [5, 5.41) is 81.0. The molecule has 12 aromatic carbocycles. The number of hydrogen-bond donors (Lipinski definition) is 9. The van der Waals surface area contributed by atoms with Gasteiger partial charge in [-0.2, -0.15) is 139 Å². The second kappa shape index (κ2) is 47.1. The fourth-order valence-electron chi connectivity index (χ4n) is 13.0. The Labute approximate surface area is 813 Å². The lowest BCUT2D eigenvalue weighted by Gasteiger charge is -2.15. The van der Waals surface area contributed by atoms with Gasteiger partial charge in [0, 0.05) is 48.9 Å². The molecule has 0 fully saturated rings. The number of anilines is 6. The van der Waals surface area contributed by atoms with Gasteiger partial charge < -0.3 is 35.5 Å². The van der Waals surface area contributed by atoms with Crippen molar-refractivity contribution in [2.45, 2.75) is 66.5 Å². The Balaban J connectivity index is 0.649. The van der Waals surface area contributed by atoms with Crippen molar-refractivity contribution in [3.8, 4) is 5.75 Å². The van der Waals surface area contributed by atoms with Crippen LogP contribution in [-0.4, -0.2) is 147 Å². The normalized spacial score (nSPS) is 12.4. The minimum absolute atomic E-state index is 0.0300. The Bertz CT molecular complexity index is 7810. The largest absolute Gasteiger partial charge is 0.493 e. The number of benzene rings is 12. The van der Waals surface area contributed by atoms with Gasteiger partial charge in [-0.05, 0) is 268 Å². The minimum Gasteiger partial charge on any atom is -0.493 e. The molecule has 0 aliphatic carbocycles. The predicted octanol–water partition coefficient (Wildman–Crippen LogP) is 23.5. The van der Waals surface area contributed by atoms with Gasteiger partial charge in [-0.25, -0.2) is 4.98 Å². The Morgan fingerprint density at radius 3 is 1.04 bits per heavy atom. The average Bonchev–Trinajstić information content (AvgIpc) is 0.812. The highest BCUT2D eigenvalue weighted by atomic mass is 32.2. The van der Waals surface area contributed by atoms with E-state index in [9.17, 15) is 64.9 Å². The van der Waals surface area contributed by atoms with Gasteiger partial charge in [0.05, 0.1) is 128 Å². The summed E-state index contributed by atoms with van der Waals surface area (Å²) in [5.41, 5.74) is 10.2. The van der Waals surface area contributed by atoms with Crippen molar-refractivity contribution in [2.75, 3.05) is 73.1 Å². The van der Waals surface area contributed by atoms with Gasteiger partial charge in [-0.3, -0.25) is 22.8 Å². The first-order valence-electron chi connectivity index (χ1n) is 42.8. The van der Waals surface area contributed by atoms with Crippen LogP contribution in [0.25, 0.3) is 0 Å². The van der Waals surface area contributed by atoms with Crippen LogP contribution in [0.3, 0.4) is 0 Å². The van der Waals surface area contributed by atoms with Gasteiger partial charge in [0.15, 0.2) is 0 Å². The molecule has 2 aromatic heterocycles. The van der Waals surface area contributed by atoms with Gasteiger partial charge in [0.1, 0.15) is 38.6 Å². The van der Waals surface area contributed by atoms with Crippen molar-refractivity contribution in [2.24, 2.45) is 81.8 Å². The second-order valence-corrected chi connectivity index (χ2v) is 38.0. The first-order valence-corrected chi connectivity index (χ1v) is 50.1. The van der Waals surface area contributed by atoms with Crippen molar-refractivity contribution in [3.63, 3.8) is 0 Å². The Kier molecular flexibility index (Phi) is 33.7. The number of aryl methyl sites for hydroxylation is 4. The molecular formula is C93H86N26O18S5. The van der Waals surface area contributed by atoms with Crippen LogP contribution in [0.2, 0.25) is 0 Å². The summed E-state index contributed by atoms with van der Waals surface area (Å²) >= 11 is 0. The van der Waals surface area contributed by atoms with Gasteiger partial charge in [0.25, 0.3) is 50.6 Å². The monoisotopic (exact) mass is 2010 g/mol. The maximum atomic E-state index is 12.7. The van der Waals surface area contributed by atoms with Crippen LogP contribution in [0.15, 0.2) is 362 Å². The molecule has 0 aliphatic rings. The molecule has 0 spiro atoms. The molecule has 0 atom stereocenters. The molecule has 726 valence electrons. The lowest BCUT2D eigenvalue weighted by molar-refractivity contribution is 0.0556. The number of azo groups is 8. The summed E-state index contributed by atoms with van der Waals surface area (Å²) in [6.07, 6.45) is 0.0970. The summed E-state index contributed by atoms with van der Waals surface area (Å²) in [7, 11) is -22.7. The number of aromatic nitrogens is 6. The van der Waals surface area contributed by atoms with E-state index < -0.39 is 66.1 Å². The van der Waals surface area contributed by atoms with Crippen molar-refractivity contribution >= 4 is 177 Å². The van der Waals surface area contributed by atoms with E-state index in [1.54, 1.807) is 172 Å². The maximum absolute atomic E-state index is 12.7. The summed E-state index contributed by atoms with van der Waals surface area (Å²) in [5.74, 6) is 0.830. The van der Waals surface area contributed by atoms with Crippen molar-refractivity contribution in [1.82, 2.24) is 29.9 Å². The summed E-state index contributed by atoms with van der Waals surface area (Å²) in [6.45, 7) is 8.08. The minimum atomic E-state index is -4.81. The van der Waals surface area contributed by atoms with E-state index in [4.69, 9.17) is 34.1 Å². The van der Waals surface area contributed by atoms with E-state index in [1.165, 1.54) is 72.8 Å². The molecule has 44 nitrogen and oxygen atoms in total. The highest BCUT2D eigenvalue weighted by Crippen LogP contribution is 2.39. The fourth-order valence-corrected chi connectivity index (χ4v) is 15.7. The van der Waals surface area contributed by atoms with E-state index in [0.717, 1.165) is 23.3 Å². The van der Waals surface area contributed by atoms with Crippen LogP contribution in [-0.2, 0) is 72.9 Å². The van der Waals surface area contributed by atoms with E-state index >= 15 is 0 Å². The van der Waals surface area contributed by atoms with Gasteiger partial charge in [0.2, 0.25) is 23.8 Å². The van der Waals surface area contributed by atoms with Crippen LogP contribution >= 0.6 is 0 Å². The number of ether oxygens (including phenoxy) is 3. The second-order valence-electron chi connectivity index (χ2n) is 30.8. The molecule has 0 amide bonds. The molecular weight excluding hydrogens is 1930 g/mol. The van der Waals surface area contributed by atoms with Gasteiger partial charge in [-0.15, -0.1) is 10.2 Å². The number of rotatable bonds is 44. The molecule has 0 bridgehead atoms. The van der Waals surface area contributed by atoms with E-state index in [-0.39, 0.29) is 133 Å². The molecule has 142 heavy (non-hydrogen) atoms. The molecule has 2 heterocycles. The molecule has 0 unspecified atom stereocenters. The molecule has 0 saturated carbocycles. The topological polar surface area (TPSA) is 623 Å². The number of nitrogens with zero attached hydrogens (tertiary/aromatic N) is 22. The third-order valence-electron chi connectivity index (χ3n) is 20.0. The Morgan fingerprint density at radius 2 is 0.627 bits per heavy atom. The Morgan fingerprint density at radius 1 is 0.289 bits per heavy atom. The molecule has 14 rings (SSSR count). The van der Waals surface area contributed by atoms with Crippen molar-refractivity contribution in [1.29, 1.82) is 0 Å². The van der Waals surface area contributed by atoms with Crippen molar-refractivity contribution in [3.05, 3.63) is 306 Å². The molecule has 0 saturated heterocycles. The highest BCUT2D eigenvalue weighted by Gasteiger charge is 2.23. The first kappa shape index (κ1) is 102. The quantitative estimate of drug-likeness (QED) is 0.00973. The smallest absolute Gasteiger partial charge is 0.296 e. The van der Waals surface area contributed by atoms with Crippen molar-refractivity contribution < 1.29 is 79.1 Å². The lowest BCUT2D eigenvalue weighted by Crippen LogP contribution is -2.17. The van der Waals surface area contributed by atoms with Crippen LogP contribution in [0.5, 0.6) is 5.75 Å². The number of hydrogen-bond acceptors (Lipinski definition) is 39. The zero-order chi connectivity index (χ0) is 100. The molecule has 0 radical (unpaired) electrons. The molecule has 9 N–H and O–H groups in total. The van der Waals surface area contributed by atoms with Gasteiger partial charge >= 0.3 is 0 Å². The zero-order valence-electron chi connectivity index (χ0n) is 75.5. The predicted molar refractivity (Wildman–Crippen MR) is 526 cm³/mol. The fraction of sp³-hybridized carbons (Fsp3) is 0.161. The first-order chi connectivity index (χ1) is 68.0. The van der Waals surface area contributed by atoms with E-state index in [1.807, 2.05) is 31.2 Å². The van der Waals surface area contributed by atoms with E-state index in [2.05, 4.69) is 113 Å². The van der Waals surface area contributed by atoms with Crippen LogP contribution in [0.4, 0.5) is 126 Å². The third kappa shape index (κ3) is 31.0. The summed E-state index contributed by atoms with van der Waals surface area (Å²) < 4.78 is 187. The summed E-state index contributed by atoms with van der Waals surface area (Å²) in [4.78, 5) is 27.0. The van der Waals surface area contributed by atoms with Crippen LogP contribution in [0, 0.1) is 27.7 Å². The van der Waals surface area contributed by atoms with Crippen LogP contribution in [0.1, 0.15) is 51.5 Å². The maximum Gasteiger partial charge on any atom is 0.296 e. The highest BCUT2D eigenvalue weighted by molar-refractivity contribution is 7.87. The van der Waals surface area contributed by atoms with E-state index in [0.29, 0.717) is 108 Å². The number of nitrogens with one attached hydrogen (secondary N) is 4. The standard InChI is InChI=1S/C93H86N26O18S5/c1-59-50-63(16-37-79(59)115-117-82-40-31-75(56-86(82)141(129,130)131)112-104-65-12-7-5-8-13-65)54-88-98-89(55-64-51-60(2)84(58-85(64)137-44-11-49-138(120,121)122)119-111-70-23-19-68(20-24-70)107-109-72-27-35-78(36-28-72)140(126,127)128)100-90(99-88)94-42-45-135-47-48-136-46-43-95-91-101-92(96-73-29-38-80(61(3)52-73)114-110-69-21-17-67(18-22-69)106-108-71-25-33-77(34-26-71)139(123,124)125)103-93(102-91)97-74-30-39-81(62(4)53-74)116-118-83-41-32-76(57-87(83)142(132,133)134)113-105-66-14-9-6-10-15-66/h5-10,12-41,50-53,56-58H,11,42-49,54-55H2,1-4H3,(H,120,121,122)(H,123,124,125)(H,126,127,128)(H,129,130,131)(H,132,133,134)(H,94,98,99,100)(H3,95,96,97,101,102,103). The van der Waals surface area contributed by atoms with Crippen LogP contribution < -0.4 is 26.0 Å². The average molecular weight is 2020 g/mol. The summed E-state index contributed by atoms with van der Waals surface area (Å²) in [6, 6.07) is 68.3. The molecule has 49 heteroatoms.